The van der Waals surface area contributed by atoms with E-state index in [-0.39, 0.29) is 23.6 Å². The monoisotopic (exact) mass is 401 g/mol. The Morgan fingerprint density at radius 3 is 2.17 bits per heavy atom. The van der Waals surface area contributed by atoms with Crippen LogP contribution in [-0.4, -0.2) is 63.5 Å². The van der Waals surface area contributed by atoms with Crippen molar-refractivity contribution in [2.24, 2.45) is 11.8 Å². The van der Waals surface area contributed by atoms with Crippen molar-refractivity contribution in [3.63, 3.8) is 0 Å². The zero-order chi connectivity index (χ0) is 21.2. The van der Waals surface area contributed by atoms with E-state index in [1.165, 1.54) is 4.90 Å². The van der Waals surface area contributed by atoms with Crippen molar-refractivity contribution in [1.29, 1.82) is 0 Å². The molecular weight excluding hydrogens is 366 g/mol. The number of imide groups is 1. The van der Waals surface area contributed by atoms with Gasteiger partial charge in [-0.2, -0.15) is 0 Å². The molecule has 29 heavy (non-hydrogen) atoms. The Kier molecular flexibility index (Phi) is 6.52. The van der Waals surface area contributed by atoms with E-state index in [9.17, 15) is 14.7 Å². The fourth-order valence-electron chi connectivity index (χ4n) is 4.43. The molecule has 3 rings (SSSR count). The van der Waals surface area contributed by atoms with Gasteiger partial charge in [0.1, 0.15) is 11.3 Å². The van der Waals surface area contributed by atoms with Crippen LogP contribution in [0.15, 0.2) is 24.3 Å². The molecule has 1 N–H and O–H groups in total. The van der Waals surface area contributed by atoms with Crippen molar-refractivity contribution in [3.05, 3.63) is 29.8 Å². The average Bonchev–Trinajstić information content (AvgIpc) is 2.85. The van der Waals surface area contributed by atoms with E-state index in [1.807, 2.05) is 30.9 Å². The zero-order valence-electron chi connectivity index (χ0n) is 18.2. The molecule has 0 atom stereocenters. The number of hydrogen-bond donors (Lipinski definition) is 1. The number of phenolic OH excluding ortho intramolecular Hbond substituents is 1. The predicted molar refractivity (Wildman–Crippen MR) is 113 cm³/mol. The maximum absolute atomic E-state index is 13.4. The van der Waals surface area contributed by atoms with Crippen molar-refractivity contribution in [3.8, 4) is 5.75 Å². The summed E-state index contributed by atoms with van der Waals surface area (Å²) in [6, 6.07) is 7.18. The molecule has 0 aliphatic carbocycles. The van der Waals surface area contributed by atoms with E-state index in [0.717, 1.165) is 31.6 Å². The third-order valence-electron chi connectivity index (χ3n) is 6.13. The maximum atomic E-state index is 13.4. The van der Waals surface area contributed by atoms with Crippen molar-refractivity contribution in [2.45, 2.75) is 59.0 Å². The summed E-state index contributed by atoms with van der Waals surface area (Å²) < 4.78 is 0. The molecule has 0 unspecified atom stereocenters. The van der Waals surface area contributed by atoms with Gasteiger partial charge < -0.3 is 10.0 Å². The summed E-state index contributed by atoms with van der Waals surface area (Å²) in [7, 11) is 0. The Balaban J connectivity index is 1.73. The third-order valence-corrected chi connectivity index (χ3v) is 6.13. The molecule has 2 aliphatic heterocycles. The van der Waals surface area contributed by atoms with Gasteiger partial charge in [0, 0.05) is 32.7 Å². The Labute approximate surface area is 174 Å². The first-order valence-electron chi connectivity index (χ1n) is 10.9. The first-order valence-corrected chi connectivity index (χ1v) is 10.9. The molecule has 3 amide bonds. The summed E-state index contributed by atoms with van der Waals surface area (Å²) >= 11 is 0. The molecule has 2 aliphatic rings. The summed E-state index contributed by atoms with van der Waals surface area (Å²) in [5, 5.41) is 9.47. The van der Waals surface area contributed by atoms with Crippen LogP contribution in [0.5, 0.6) is 5.75 Å². The molecule has 1 aromatic rings. The second kappa shape index (κ2) is 8.74. The number of hydrogen-bond acceptors (Lipinski definition) is 4. The molecule has 0 bridgehead atoms. The van der Waals surface area contributed by atoms with Gasteiger partial charge in [0.05, 0.1) is 0 Å². The van der Waals surface area contributed by atoms with Gasteiger partial charge in [-0.1, -0.05) is 39.8 Å². The molecule has 1 spiro atoms. The van der Waals surface area contributed by atoms with E-state index in [2.05, 4.69) is 18.7 Å². The normalized spacial score (nSPS) is 19.9. The Morgan fingerprint density at radius 2 is 1.62 bits per heavy atom. The molecule has 0 aromatic heterocycles. The van der Waals surface area contributed by atoms with E-state index >= 15 is 0 Å². The quantitative estimate of drug-likeness (QED) is 0.708. The number of urea groups is 1. The lowest BCUT2D eigenvalue weighted by Gasteiger charge is -2.42. The van der Waals surface area contributed by atoms with Crippen LogP contribution in [0.1, 0.15) is 52.5 Å². The number of aromatic hydroxyl groups is 1. The van der Waals surface area contributed by atoms with Crippen LogP contribution in [0.3, 0.4) is 0 Å². The summed E-state index contributed by atoms with van der Waals surface area (Å²) in [6.45, 7) is 11.9. The molecule has 0 radical (unpaired) electrons. The van der Waals surface area contributed by atoms with E-state index in [0.29, 0.717) is 31.8 Å². The van der Waals surface area contributed by atoms with E-state index in [1.54, 1.807) is 12.1 Å². The van der Waals surface area contributed by atoms with E-state index in [4.69, 9.17) is 0 Å². The smallest absolute Gasteiger partial charge is 0.327 e. The number of likely N-dealkylation sites (tertiary alicyclic amines) is 1. The summed E-state index contributed by atoms with van der Waals surface area (Å²) in [4.78, 5) is 32.3. The van der Waals surface area contributed by atoms with Crippen LogP contribution in [0.25, 0.3) is 0 Å². The third kappa shape index (κ3) is 4.58. The van der Waals surface area contributed by atoms with Crippen molar-refractivity contribution in [1.82, 2.24) is 14.7 Å². The number of nitrogens with zero attached hydrogens (tertiary/aromatic N) is 3. The van der Waals surface area contributed by atoms with Crippen LogP contribution in [-0.2, 0) is 11.3 Å². The highest BCUT2D eigenvalue weighted by atomic mass is 16.3. The number of piperidine rings is 1. The number of amides is 3. The maximum Gasteiger partial charge on any atom is 0.327 e. The minimum absolute atomic E-state index is 0.00393. The average molecular weight is 402 g/mol. The van der Waals surface area contributed by atoms with Gasteiger partial charge in [0.25, 0.3) is 5.91 Å². The van der Waals surface area contributed by atoms with Gasteiger partial charge in [0.2, 0.25) is 0 Å². The zero-order valence-corrected chi connectivity index (χ0v) is 18.2. The minimum Gasteiger partial charge on any atom is -0.508 e. The second-order valence-electron chi connectivity index (χ2n) is 9.40. The summed E-state index contributed by atoms with van der Waals surface area (Å²) in [5.41, 5.74) is 0.470. The second-order valence-corrected chi connectivity index (χ2v) is 9.40. The molecule has 160 valence electrons. The molecule has 6 heteroatoms. The first kappa shape index (κ1) is 21.6. The fraction of sp³-hybridized carbons (Fsp3) is 0.652. The number of carbonyl (C=O) groups excluding carboxylic acids is 2. The van der Waals surface area contributed by atoms with Crippen LogP contribution < -0.4 is 0 Å². The Morgan fingerprint density at radius 1 is 1.00 bits per heavy atom. The first-order chi connectivity index (χ1) is 13.7. The number of rotatable bonds is 7. The van der Waals surface area contributed by atoms with Crippen molar-refractivity contribution in [2.75, 3.05) is 26.2 Å². The number of carbonyl (C=O) groups is 2. The van der Waals surface area contributed by atoms with Gasteiger partial charge in [-0.15, -0.1) is 0 Å². The van der Waals surface area contributed by atoms with Gasteiger partial charge >= 0.3 is 6.03 Å². The number of benzene rings is 1. The lowest BCUT2D eigenvalue weighted by atomic mass is 9.85. The SMILES string of the molecule is CC(C)CCN1C(=O)N(CC(C)C)C(=O)C12CCN(Cc1ccc(O)cc1)CC2. The highest BCUT2D eigenvalue weighted by Crippen LogP contribution is 2.38. The molecule has 1 aromatic carbocycles. The highest BCUT2D eigenvalue weighted by Gasteiger charge is 2.57. The van der Waals surface area contributed by atoms with Crippen LogP contribution in [0.2, 0.25) is 0 Å². The molecule has 2 fully saturated rings. The van der Waals surface area contributed by atoms with Gasteiger partial charge in [0.15, 0.2) is 0 Å². The summed E-state index contributed by atoms with van der Waals surface area (Å²) in [6.07, 6.45) is 2.28. The molecule has 2 heterocycles. The van der Waals surface area contributed by atoms with Crippen LogP contribution in [0.4, 0.5) is 4.79 Å². The van der Waals surface area contributed by atoms with Crippen molar-refractivity contribution < 1.29 is 14.7 Å². The van der Waals surface area contributed by atoms with Gasteiger partial charge in [-0.25, -0.2) is 4.79 Å². The van der Waals surface area contributed by atoms with E-state index < -0.39 is 5.54 Å². The molecule has 6 nitrogen and oxygen atoms in total. The topological polar surface area (TPSA) is 64.1 Å². The standard InChI is InChI=1S/C23H35N3O3/c1-17(2)9-12-26-22(29)25(15-18(3)4)21(28)23(26)10-13-24(14-11-23)16-19-5-7-20(27)8-6-19/h5-8,17-18,27H,9-16H2,1-4H3. The summed E-state index contributed by atoms with van der Waals surface area (Å²) in [5.74, 6) is 1.03. The molecular formula is C23H35N3O3. The Bertz CT molecular complexity index is 721. The van der Waals surface area contributed by atoms with Gasteiger partial charge in [-0.05, 0) is 48.8 Å². The fourth-order valence-corrected chi connectivity index (χ4v) is 4.43. The predicted octanol–water partition coefficient (Wildman–Crippen LogP) is 3.69. The molecule has 0 saturated carbocycles. The Hall–Kier alpha value is -2.08. The van der Waals surface area contributed by atoms with Crippen LogP contribution >= 0.6 is 0 Å². The number of phenols is 1. The van der Waals surface area contributed by atoms with Crippen LogP contribution in [0, 0.1) is 11.8 Å². The highest BCUT2D eigenvalue weighted by molar-refractivity contribution is 6.07. The largest absolute Gasteiger partial charge is 0.508 e. The lowest BCUT2D eigenvalue weighted by Crippen LogP contribution is -2.56. The van der Waals surface area contributed by atoms with Crippen molar-refractivity contribution >= 4 is 11.9 Å². The lowest BCUT2D eigenvalue weighted by molar-refractivity contribution is -0.136. The van der Waals surface area contributed by atoms with Gasteiger partial charge in [-0.3, -0.25) is 14.6 Å². The minimum atomic E-state index is -0.674. The molecule has 2 saturated heterocycles.